The van der Waals surface area contributed by atoms with Crippen molar-refractivity contribution < 1.29 is 9.47 Å². The van der Waals surface area contributed by atoms with Crippen LogP contribution in [0.3, 0.4) is 0 Å². The minimum Gasteiger partial charge on any atom is -0.450 e. The summed E-state index contributed by atoms with van der Waals surface area (Å²) in [5.74, 6) is 1.82. The highest BCUT2D eigenvalue weighted by atomic mass is 16.7. The Morgan fingerprint density at radius 2 is 1.95 bits per heavy atom. The average Bonchev–Trinajstić information content (AvgIpc) is 2.97. The van der Waals surface area contributed by atoms with Crippen molar-refractivity contribution in [3.8, 4) is 11.6 Å². The van der Waals surface area contributed by atoms with Crippen LogP contribution in [0.1, 0.15) is 0 Å². The lowest BCUT2D eigenvalue weighted by molar-refractivity contribution is 0.171. The largest absolute Gasteiger partial charge is 0.450 e. The van der Waals surface area contributed by atoms with Gasteiger partial charge in [-0.2, -0.15) is 0 Å². The maximum atomic E-state index is 5.42. The van der Waals surface area contributed by atoms with Crippen LogP contribution in [0.5, 0.6) is 11.6 Å². The number of nitrogens with zero attached hydrogens (tertiary/aromatic N) is 3. The van der Waals surface area contributed by atoms with Gasteiger partial charge in [0, 0.05) is 11.6 Å². The van der Waals surface area contributed by atoms with Gasteiger partial charge in [-0.05, 0) is 18.2 Å². The predicted molar refractivity (Wildman–Crippen MR) is 73.2 cm³/mol. The lowest BCUT2D eigenvalue weighted by atomic mass is 10.2. The molecule has 3 heterocycles. The molecule has 20 heavy (non-hydrogen) atoms. The second kappa shape index (κ2) is 4.34. The van der Waals surface area contributed by atoms with Crippen LogP contribution in [0.25, 0.3) is 10.9 Å². The number of anilines is 2. The molecule has 0 amide bonds. The van der Waals surface area contributed by atoms with Gasteiger partial charge in [-0.15, -0.1) is 0 Å². The van der Waals surface area contributed by atoms with Gasteiger partial charge in [0.2, 0.25) is 12.5 Å². The third-order valence-electron chi connectivity index (χ3n) is 3.07. The lowest BCUT2D eigenvalue weighted by Crippen LogP contribution is -1.98. The fraction of sp³-hybridized carbons (Fsp3) is 0.0714. The molecule has 0 fully saturated rings. The van der Waals surface area contributed by atoms with Crippen molar-refractivity contribution in [3.63, 3.8) is 0 Å². The predicted octanol–water partition coefficient (Wildman–Crippen LogP) is 2.50. The summed E-state index contributed by atoms with van der Waals surface area (Å²) < 4.78 is 10.7. The highest BCUT2D eigenvalue weighted by molar-refractivity contribution is 5.91. The summed E-state index contributed by atoms with van der Waals surface area (Å²) in [5, 5.41) is 4.20. The Balaban J connectivity index is 1.81. The number of para-hydroxylation sites is 1. The lowest BCUT2D eigenvalue weighted by Gasteiger charge is -2.09. The molecule has 6 nitrogen and oxygen atoms in total. The number of nitrogens with one attached hydrogen (secondary N) is 1. The molecule has 0 bridgehead atoms. The molecule has 4 rings (SSSR count). The van der Waals surface area contributed by atoms with E-state index in [1.54, 1.807) is 6.20 Å². The second-order valence-corrected chi connectivity index (χ2v) is 4.26. The van der Waals surface area contributed by atoms with Gasteiger partial charge in [-0.3, -0.25) is 0 Å². The van der Waals surface area contributed by atoms with Gasteiger partial charge < -0.3 is 14.8 Å². The van der Waals surface area contributed by atoms with Gasteiger partial charge in [0.15, 0.2) is 0 Å². The Morgan fingerprint density at radius 3 is 2.95 bits per heavy atom. The quantitative estimate of drug-likeness (QED) is 0.768. The zero-order chi connectivity index (χ0) is 13.4. The third-order valence-corrected chi connectivity index (χ3v) is 3.07. The van der Waals surface area contributed by atoms with E-state index in [-0.39, 0.29) is 6.79 Å². The summed E-state index contributed by atoms with van der Waals surface area (Å²) in [7, 11) is 0. The van der Waals surface area contributed by atoms with Crippen molar-refractivity contribution >= 4 is 22.4 Å². The molecule has 0 saturated carbocycles. The summed E-state index contributed by atoms with van der Waals surface area (Å²) in [6.07, 6.45) is 3.20. The second-order valence-electron chi connectivity index (χ2n) is 4.26. The van der Waals surface area contributed by atoms with E-state index in [1.807, 2.05) is 30.3 Å². The van der Waals surface area contributed by atoms with Crippen LogP contribution in [0, 0.1) is 0 Å². The highest BCUT2D eigenvalue weighted by Gasteiger charge is 2.19. The number of hydrogen-bond acceptors (Lipinski definition) is 6. The molecule has 1 aliphatic heterocycles. The van der Waals surface area contributed by atoms with Gasteiger partial charge in [0.1, 0.15) is 12.1 Å². The topological polar surface area (TPSA) is 69.2 Å². The molecular formula is C14H10N4O2. The maximum absolute atomic E-state index is 5.42. The first-order chi connectivity index (χ1) is 9.92. The zero-order valence-corrected chi connectivity index (χ0v) is 10.4. The first-order valence-corrected chi connectivity index (χ1v) is 6.13. The van der Waals surface area contributed by atoms with Crippen molar-refractivity contribution in [2.45, 2.75) is 0 Å². The number of pyridine rings is 1. The molecule has 0 aliphatic carbocycles. The Kier molecular flexibility index (Phi) is 2.38. The SMILES string of the molecule is c1ccc2c(Nc3ccnc4c3OCO4)ncnc2c1. The van der Waals surface area contributed by atoms with Crippen molar-refractivity contribution in [2.24, 2.45) is 0 Å². The monoisotopic (exact) mass is 266 g/mol. The minimum atomic E-state index is 0.186. The van der Waals surface area contributed by atoms with Crippen molar-refractivity contribution in [3.05, 3.63) is 42.9 Å². The van der Waals surface area contributed by atoms with Gasteiger partial charge in [-0.1, -0.05) is 12.1 Å². The number of fused-ring (bicyclic) bond motifs is 2. The molecule has 6 heteroatoms. The fourth-order valence-corrected chi connectivity index (χ4v) is 2.15. The van der Waals surface area contributed by atoms with Crippen LogP contribution in [0.15, 0.2) is 42.9 Å². The Labute approximate surface area is 114 Å². The number of rotatable bonds is 2. The molecular weight excluding hydrogens is 256 g/mol. The Bertz CT molecular complexity index is 786. The van der Waals surface area contributed by atoms with Crippen LogP contribution in [0.4, 0.5) is 11.5 Å². The first kappa shape index (κ1) is 11.0. The standard InChI is InChI=1S/C14H10N4O2/c1-2-4-10-9(3-1)13(17-7-16-10)18-11-5-6-15-14-12(11)19-8-20-14/h1-7H,8H2,(H,15,16,17,18). The van der Waals surface area contributed by atoms with Crippen LogP contribution in [-0.2, 0) is 0 Å². The normalized spacial score (nSPS) is 12.6. The van der Waals surface area contributed by atoms with Crippen LogP contribution < -0.4 is 14.8 Å². The molecule has 0 atom stereocenters. The van der Waals surface area contributed by atoms with Gasteiger partial charge in [-0.25, -0.2) is 15.0 Å². The zero-order valence-electron chi connectivity index (χ0n) is 10.4. The van der Waals surface area contributed by atoms with E-state index < -0.39 is 0 Å². The van der Waals surface area contributed by atoms with Crippen LogP contribution in [0.2, 0.25) is 0 Å². The highest BCUT2D eigenvalue weighted by Crippen LogP contribution is 2.38. The molecule has 98 valence electrons. The summed E-state index contributed by atoms with van der Waals surface area (Å²) >= 11 is 0. The van der Waals surface area contributed by atoms with Crippen molar-refractivity contribution in [1.82, 2.24) is 15.0 Å². The number of benzene rings is 1. The van der Waals surface area contributed by atoms with Gasteiger partial charge in [0.25, 0.3) is 5.88 Å². The van der Waals surface area contributed by atoms with E-state index in [0.29, 0.717) is 11.6 Å². The Morgan fingerprint density at radius 1 is 1.00 bits per heavy atom. The van der Waals surface area contributed by atoms with Crippen LogP contribution in [-0.4, -0.2) is 21.7 Å². The molecule has 1 N–H and O–H groups in total. The summed E-state index contributed by atoms with van der Waals surface area (Å²) in [4.78, 5) is 12.6. The summed E-state index contributed by atoms with van der Waals surface area (Å²) in [5.41, 5.74) is 1.66. The minimum absolute atomic E-state index is 0.186. The third kappa shape index (κ3) is 1.70. The van der Waals surface area contributed by atoms with E-state index in [0.717, 1.165) is 22.4 Å². The fourth-order valence-electron chi connectivity index (χ4n) is 2.15. The molecule has 1 aromatic carbocycles. The maximum Gasteiger partial charge on any atom is 0.262 e. The van der Waals surface area contributed by atoms with E-state index >= 15 is 0 Å². The summed E-state index contributed by atoms with van der Waals surface area (Å²) in [6, 6.07) is 9.63. The smallest absolute Gasteiger partial charge is 0.262 e. The molecule has 0 unspecified atom stereocenters. The molecule has 2 aromatic heterocycles. The molecule has 0 spiro atoms. The first-order valence-electron chi connectivity index (χ1n) is 6.13. The number of ether oxygens (including phenoxy) is 2. The molecule has 3 aromatic rings. The molecule has 0 saturated heterocycles. The Hall–Kier alpha value is -2.89. The summed E-state index contributed by atoms with van der Waals surface area (Å²) in [6.45, 7) is 0.186. The average molecular weight is 266 g/mol. The van der Waals surface area contributed by atoms with Gasteiger partial charge in [0.05, 0.1) is 11.2 Å². The number of hydrogen-bond donors (Lipinski definition) is 1. The van der Waals surface area contributed by atoms with E-state index in [2.05, 4.69) is 20.3 Å². The molecule has 0 radical (unpaired) electrons. The number of aromatic nitrogens is 3. The van der Waals surface area contributed by atoms with Crippen LogP contribution >= 0.6 is 0 Å². The van der Waals surface area contributed by atoms with Gasteiger partial charge >= 0.3 is 0 Å². The molecule has 1 aliphatic rings. The van der Waals surface area contributed by atoms with Crippen molar-refractivity contribution in [1.29, 1.82) is 0 Å². The van der Waals surface area contributed by atoms with E-state index in [4.69, 9.17) is 9.47 Å². The van der Waals surface area contributed by atoms with Crippen molar-refractivity contribution in [2.75, 3.05) is 12.1 Å². The van der Waals surface area contributed by atoms with E-state index in [9.17, 15) is 0 Å². The van der Waals surface area contributed by atoms with E-state index in [1.165, 1.54) is 6.33 Å².